The van der Waals surface area contributed by atoms with Gasteiger partial charge in [0, 0.05) is 17.7 Å². The van der Waals surface area contributed by atoms with Gasteiger partial charge in [-0.1, -0.05) is 30.3 Å². The van der Waals surface area contributed by atoms with E-state index in [1.165, 1.54) is 28.9 Å². The van der Waals surface area contributed by atoms with Crippen molar-refractivity contribution in [3.63, 3.8) is 0 Å². The van der Waals surface area contributed by atoms with Gasteiger partial charge in [-0.15, -0.1) is 0 Å². The number of aromatic nitrogens is 2. The van der Waals surface area contributed by atoms with E-state index in [9.17, 15) is 13.6 Å². The van der Waals surface area contributed by atoms with Crippen LogP contribution < -0.4 is 5.56 Å². The first-order valence-corrected chi connectivity index (χ1v) is 6.70. The Kier molecular flexibility index (Phi) is 3.78. The lowest BCUT2D eigenvalue weighted by atomic mass is 10.1. The number of benzene rings is 2. The quantitative estimate of drug-likeness (QED) is 0.744. The molecule has 0 N–H and O–H groups in total. The van der Waals surface area contributed by atoms with E-state index >= 15 is 0 Å². The fraction of sp³-hybridized carbons (Fsp3) is 0.0588. The Bertz CT molecular complexity index is 840. The highest BCUT2D eigenvalue weighted by atomic mass is 19.1. The van der Waals surface area contributed by atoms with Crippen LogP contribution >= 0.6 is 0 Å². The molecule has 0 amide bonds. The van der Waals surface area contributed by atoms with E-state index < -0.39 is 11.6 Å². The highest BCUT2D eigenvalue weighted by Gasteiger charge is 2.07. The maximum atomic E-state index is 13.3. The van der Waals surface area contributed by atoms with E-state index in [-0.39, 0.29) is 5.56 Å². The van der Waals surface area contributed by atoms with Crippen molar-refractivity contribution in [3.05, 3.63) is 88.2 Å². The van der Waals surface area contributed by atoms with Gasteiger partial charge >= 0.3 is 0 Å². The molecule has 22 heavy (non-hydrogen) atoms. The Balaban J connectivity index is 2.01. The van der Waals surface area contributed by atoms with Gasteiger partial charge in [0.15, 0.2) is 0 Å². The highest BCUT2D eigenvalue weighted by molar-refractivity contribution is 5.58. The van der Waals surface area contributed by atoms with Crippen LogP contribution in [0.3, 0.4) is 0 Å². The van der Waals surface area contributed by atoms with Gasteiger partial charge in [-0.05, 0) is 23.8 Å². The molecular weight excluding hydrogens is 286 g/mol. The minimum atomic E-state index is -0.683. The molecule has 5 heteroatoms. The molecule has 0 saturated heterocycles. The van der Waals surface area contributed by atoms with Gasteiger partial charge in [0.2, 0.25) is 0 Å². The first kappa shape index (κ1) is 14.1. The summed E-state index contributed by atoms with van der Waals surface area (Å²) in [6, 6.07) is 15.3. The molecule has 0 saturated carbocycles. The van der Waals surface area contributed by atoms with Crippen molar-refractivity contribution in [1.82, 2.24) is 9.78 Å². The maximum absolute atomic E-state index is 13.3. The van der Waals surface area contributed by atoms with Crippen molar-refractivity contribution in [2.75, 3.05) is 0 Å². The smallest absolute Gasteiger partial charge is 0.267 e. The molecule has 2 aromatic carbocycles. The summed E-state index contributed by atoms with van der Waals surface area (Å²) < 4.78 is 27.9. The minimum Gasteiger partial charge on any atom is -0.268 e. The molecule has 0 fully saturated rings. The van der Waals surface area contributed by atoms with E-state index in [1.54, 1.807) is 0 Å². The predicted molar refractivity (Wildman–Crippen MR) is 79.4 cm³/mol. The summed E-state index contributed by atoms with van der Waals surface area (Å²) in [5.41, 5.74) is 1.28. The highest BCUT2D eigenvalue weighted by Crippen LogP contribution is 2.18. The average molecular weight is 298 g/mol. The van der Waals surface area contributed by atoms with Crippen LogP contribution in [0, 0.1) is 11.6 Å². The molecular formula is C17H12F2N2O. The maximum Gasteiger partial charge on any atom is 0.267 e. The second-order valence-corrected chi connectivity index (χ2v) is 4.86. The Morgan fingerprint density at radius 3 is 2.27 bits per heavy atom. The number of rotatable bonds is 3. The Morgan fingerprint density at radius 1 is 0.909 bits per heavy atom. The first-order valence-electron chi connectivity index (χ1n) is 6.70. The van der Waals surface area contributed by atoms with E-state index in [0.717, 1.165) is 11.6 Å². The Hall–Kier alpha value is -2.82. The molecule has 0 spiro atoms. The van der Waals surface area contributed by atoms with E-state index in [4.69, 9.17) is 0 Å². The molecule has 0 aliphatic heterocycles. The second-order valence-electron chi connectivity index (χ2n) is 4.86. The van der Waals surface area contributed by atoms with Crippen LogP contribution in [-0.4, -0.2) is 9.78 Å². The van der Waals surface area contributed by atoms with Crippen molar-refractivity contribution in [3.8, 4) is 11.3 Å². The lowest BCUT2D eigenvalue weighted by Crippen LogP contribution is -2.22. The summed E-state index contributed by atoms with van der Waals surface area (Å²) in [5, 5.41) is 4.19. The zero-order valence-corrected chi connectivity index (χ0v) is 11.5. The van der Waals surface area contributed by atoms with Gasteiger partial charge in [-0.2, -0.15) is 5.10 Å². The van der Waals surface area contributed by atoms with Crippen LogP contribution in [0.1, 0.15) is 5.56 Å². The van der Waals surface area contributed by atoms with Crippen molar-refractivity contribution >= 4 is 0 Å². The topological polar surface area (TPSA) is 34.9 Å². The minimum absolute atomic E-state index is 0.274. The summed E-state index contributed by atoms with van der Waals surface area (Å²) >= 11 is 0. The average Bonchev–Trinajstić information content (AvgIpc) is 2.49. The van der Waals surface area contributed by atoms with Gasteiger partial charge in [0.05, 0.1) is 12.2 Å². The van der Waals surface area contributed by atoms with Crippen LogP contribution in [0.15, 0.2) is 65.5 Å². The molecule has 0 aliphatic rings. The number of hydrogen-bond acceptors (Lipinski definition) is 2. The van der Waals surface area contributed by atoms with Crippen molar-refractivity contribution < 1.29 is 8.78 Å². The Labute approximate surface area is 125 Å². The molecule has 1 heterocycles. The summed E-state index contributed by atoms with van der Waals surface area (Å²) in [4.78, 5) is 11.9. The molecule has 3 rings (SSSR count). The molecule has 1 aromatic heterocycles. The van der Waals surface area contributed by atoms with Gasteiger partial charge < -0.3 is 0 Å². The van der Waals surface area contributed by atoms with E-state index in [1.807, 2.05) is 30.3 Å². The van der Waals surface area contributed by atoms with Crippen LogP contribution in [0.25, 0.3) is 11.3 Å². The van der Waals surface area contributed by atoms with Crippen LogP contribution in [0.5, 0.6) is 0 Å². The number of nitrogens with zero attached hydrogens (tertiary/aromatic N) is 2. The monoisotopic (exact) mass is 298 g/mol. The standard InChI is InChI=1S/C17H12F2N2O/c18-14-8-13(9-15(19)10-14)16-6-7-17(22)21(20-16)11-12-4-2-1-3-5-12/h1-10H,11H2. The van der Waals surface area contributed by atoms with Gasteiger partial charge in [-0.3, -0.25) is 4.79 Å². The van der Waals surface area contributed by atoms with Gasteiger partial charge in [-0.25, -0.2) is 13.5 Å². The molecule has 0 unspecified atom stereocenters. The second kappa shape index (κ2) is 5.89. The summed E-state index contributed by atoms with van der Waals surface area (Å²) in [5.74, 6) is -1.37. The lowest BCUT2D eigenvalue weighted by Gasteiger charge is -2.07. The predicted octanol–water partition coefficient (Wildman–Crippen LogP) is 3.24. The van der Waals surface area contributed by atoms with Crippen molar-refractivity contribution in [2.45, 2.75) is 6.54 Å². The number of halogens is 2. The van der Waals surface area contributed by atoms with Crippen molar-refractivity contribution in [2.24, 2.45) is 0 Å². The summed E-state index contributed by atoms with van der Waals surface area (Å²) in [6.07, 6.45) is 0. The molecule has 0 atom stereocenters. The van der Waals surface area contributed by atoms with Gasteiger partial charge in [0.25, 0.3) is 5.56 Å². The first-order chi connectivity index (χ1) is 10.6. The lowest BCUT2D eigenvalue weighted by molar-refractivity contribution is 0.583. The molecule has 110 valence electrons. The zero-order chi connectivity index (χ0) is 15.5. The summed E-state index contributed by atoms with van der Waals surface area (Å²) in [7, 11) is 0. The Morgan fingerprint density at radius 2 is 1.59 bits per heavy atom. The van der Waals surface area contributed by atoms with Crippen molar-refractivity contribution in [1.29, 1.82) is 0 Å². The van der Waals surface area contributed by atoms with Crippen LogP contribution in [-0.2, 0) is 6.54 Å². The molecule has 3 aromatic rings. The third-order valence-corrected chi connectivity index (χ3v) is 3.20. The fourth-order valence-electron chi connectivity index (χ4n) is 2.17. The van der Waals surface area contributed by atoms with Crippen LogP contribution in [0.4, 0.5) is 8.78 Å². The molecule has 0 bridgehead atoms. The third-order valence-electron chi connectivity index (χ3n) is 3.20. The third kappa shape index (κ3) is 3.09. The molecule has 0 radical (unpaired) electrons. The summed E-state index contributed by atoms with van der Waals surface area (Å²) in [6.45, 7) is 0.297. The zero-order valence-electron chi connectivity index (χ0n) is 11.5. The number of hydrogen-bond donors (Lipinski definition) is 0. The molecule has 0 aliphatic carbocycles. The van der Waals surface area contributed by atoms with Crippen LogP contribution in [0.2, 0.25) is 0 Å². The largest absolute Gasteiger partial charge is 0.268 e. The molecule has 3 nitrogen and oxygen atoms in total. The fourth-order valence-corrected chi connectivity index (χ4v) is 2.17. The van der Waals surface area contributed by atoms with E-state index in [0.29, 0.717) is 17.8 Å². The van der Waals surface area contributed by atoms with E-state index in [2.05, 4.69) is 5.10 Å². The normalized spacial score (nSPS) is 10.6. The SMILES string of the molecule is O=c1ccc(-c2cc(F)cc(F)c2)nn1Cc1ccccc1. The van der Waals surface area contributed by atoms with Gasteiger partial charge in [0.1, 0.15) is 11.6 Å².